The van der Waals surface area contributed by atoms with Crippen molar-refractivity contribution in [3.63, 3.8) is 0 Å². The molecule has 1 fully saturated rings. The minimum Gasteiger partial charge on any atom is -0.377 e. The molecule has 0 saturated carbocycles. The van der Waals surface area contributed by atoms with E-state index in [9.17, 15) is 0 Å². The van der Waals surface area contributed by atoms with Gasteiger partial charge in [0.1, 0.15) is 0 Å². The molecule has 0 spiro atoms. The second-order valence-corrected chi connectivity index (χ2v) is 6.18. The Morgan fingerprint density at radius 3 is 2.65 bits per heavy atom. The third kappa shape index (κ3) is 4.94. The second-order valence-electron chi connectivity index (χ2n) is 6.18. The Morgan fingerprint density at radius 2 is 2.12 bits per heavy atom. The van der Waals surface area contributed by atoms with E-state index < -0.39 is 0 Å². The zero-order valence-corrected chi connectivity index (χ0v) is 12.3. The summed E-state index contributed by atoms with van der Waals surface area (Å²) in [5, 5.41) is 3.36. The van der Waals surface area contributed by atoms with Gasteiger partial charge in [-0.2, -0.15) is 0 Å². The van der Waals surface area contributed by atoms with Gasteiger partial charge in [0.15, 0.2) is 0 Å². The quantitative estimate of drug-likeness (QED) is 0.772. The maximum atomic E-state index is 5.79. The first-order valence-corrected chi connectivity index (χ1v) is 6.93. The Balaban J connectivity index is 2.34. The van der Waals surface area contributed by atoms with Crippen molar-refractivity contribution in [2.24, 2.45) is 5.41 Å². The zero-order valence-electron chi connectivity index (χ0n) is 12.3. The van der Waals surface area contributed by atoms with Crippen LogP contribution in [0.4, 0.5) is 0 Å². The first-order valence-electron chi connectivity index (χ1n) is 6.93. The third-order valence-electron chi connectivity index (χ3n) is 4.07. The van der Waals surface area contributed by atoms with Crippen LogP contribution in [0.2, 0.25) is 0 Å². The molecule has 102 valence electrons. The van der Waals surface area contributed by atoms with E-state index in [4.69, 9.17) is 4.74 Å². The minimum absolute atomic E-state index is 0.290. The number of likely N-dealkylation sites (N-methyl/N-ethyl adjacent to an activating group) is 1. The number of hydrogen-bond acceptors (Lipinski definition) is 3. The van der Waals surface area contributed by atoms with Crippen LogP contribution in [0.5, 0.6) is 0 Å². The summed E-state index contributed by atoms with van der Waals surface area (Å²) in [6.45, 7) is 10.0. The molecule has 0 aromatic heterocycles. The number of rotatable bonds is 6. The number of nitrogens with one attached hydrogen (secondary N) is 1. The lowest BCUT2D eigenvalue weighted by Gasteiger charge is -2.37. The summed E-state index contributed by atoms with van der Waals surface area (Å²) in [7, 11) is 4.25. The predicted molar refractivity (Wildman–Crippen MR) is 73.4 cm³/mol. The Hall–Kier alpha value is -0.120. The first kappa shape index (κ1) is 14.9. The molecule has 1 rings (SSSR count). The third-order valence-corrected chi connectivity index (χ3v) is 4.07. The smallest absolute Gasteiger partial charge is 0.0701 e. The fraction of sp³-hybridized carbons (Fsp3) is 1.00. The van der Waals surface area contributed by atoms with Crippen molar-refractivity contribution in [2.75, 3.05) is 33.8 Å². The highest BCUT2D eigenvalue weighted by Gasteiger charge is 2.27. The van der Waals surface area contributed by atoms with Gasteiger partial charge in [-0.25, -0.2) is 0 Å². The van der Waals surface area contributed by atoms with E-state index in [1.165, 1.54) is 19.3 Å². The van der Waals surface area contributed by atoms with Gasteiger partial charge in [0.05, 0.1) is 6.10 Å². The van der Waals surface area contributed by atoms with Gasteiger partial charge >= 0.3 is 0 Å². The molecule has 0 bridgehead atoms. The van der Waals surface area contributed by atoms with Gasteiger partial charge in [0, 0.05) is 25.7 Å². The lowest BCUT2D eigenvalue weighted by molar-refractivity contribution is -0.00761. The molecule has 1 N–H and O–H groups in total. The van der Waals surface area contributed by atoms with Crippen LogP contribution in [0.25, 0.3) is 0 Å². The normalized spacial score (nSPS) is 24.0. The van der Waals surface area contributed by atoms with Crippen molar-refractivity contribution in [1.82, 2.24) is 10.2 Å². The molecule has 3 heteroatoms. The monoisotopic (exact) mass is 242 g/mol. The number of ether oxygens (including phenoxy) is 1. The van der Waals surface area contributed by atoms with E-state index in [1.807, 2.05) is 7.05 Å². The standard InChI is InChI=1S/C14H30N2O/c1-12(15-4)14(2,3)11-16(5)10-13-8-6-7-9-17-13/h12-13,15H,6-11H2,1-5H3. The summed E-state index contributed by atoms with van der Waals surface area (Å²) >= 11 is 0. The average Bonchev–Trinajstić information content (AvgIpc) is 2.28. The maximum Gasteiger partial charge on any atom is 0.0701 e. The van der Waals surface area contributed by atoms with Crippen LogP contribution in [-0.4, -0.2) is 50.8 Å². The van der Waals surface area contributed by atoms with Gasteiger partial charge in [0.2, 0.25) is 0 Å². The fourth-order valence-corrected chi connectivity index (χ4v) is 2.59. The highest BCUT2D eigenvalue weighted by atomic mass is 16.5. The van der Waals surface area contributed by atoms with Crippen molar-refractivity contribution in [3.8, 4) is 0 Å². The van der Waals surface area contributed by atoms with Gasteiger partial charge in [-0.15, -0.1) is 0 Å². The van der Waals surface area contributed by atoms with Crippen molar-refractivity contribution >= 4 is 0 Å². The van der Waals surface area contributed by atoms with Crippen molar-refractivity contribution in [3.05, 3.63) is 0 Å². The molecular formula is C14H30N2O. The molecule has 1 heterocycles. The summed E-state index contributed by atoms with van der Waals surface area (Å²) in [4.78, 5) is 2.42. The lowest BCUT2D eigenvalue weighted by atomic mass is 9.85. The molecule has 0 radical (unpaired) electrons. The van der Waals surface area contributed by atoms with E-state index in [1.54, 1.807) is 0 Å². The summed E-state index contributed by atoms with van der Waals surface area (Å²) in [6.07, 6.45) is 4.25. The molecule has 2 unspecified atom stereocenters. The van der Waals surface area contributed by atoms with Crippen LogP contribution in [0.3, 0.4) is 0 Å². The molecular weight excluding hydrogens is 212 g/mol. The molecule has 0 aromatic carbocycles. The van der Waals surface area contributed by atoms with Crippen LogP contribution in [0.15, 0.2) is 0 Å². The van der Waals surface area contributed by atoms with Gasteiger partial charge in [-0.1, -0.05) is 13.8 Å². The summed E-state index contributed by atoms with van der Waals surface area (Å²) in [5.41, 5.74) is 0.290. The topological polar surface area (TPSA) is 24.5 Å². The molecule has 0 amide bonds. The molecule has 2 atom stereocenters. The van der Waals surface area contributed by atoms with Crippen molar-refractivity contribution in [1.29, 1.82) is 0 Å². The predicted octanol–water partition coefficient (Wildman–Crippen LogP) is 2.12. The molecule has 17 heavy (non-hydrogen) atoms. The van der Waals surface area contributed by atoms with Crippen LogP contribution in [0.1, 0.15) is 40.0 Å². The molecule has 3 nitrogen and oxygen atoms in total. The average molecular weight is 242 g/mol. The highest BCUT2D eigenvalue weighted by molar-refractivity contribution is 4.83. The molecule has 1 aliphatic rings. The second kappa shape index (κ2) is 6.72. The van der Waals surface area contributed by atoms with Crippen LogP contribution in [-0.2, 0) is 4.74 Å². The van der Waals surface area contributed by atoms with Crippen molar-refractivity contribution in [2.45, 2.75) is 52.2 Å². The Kier molecular flexibility index (Phi) is 5.90. The first-order chi connectivity index (χ1) is 7.95. The fourth-order valence-electron chi connectivity index (χ4n) is 2.59. The number of hydrogen-bond donors (Lipinski definition) is 1. The van der Waals surface area contributed by atoms with Crippen LogP contribution >= 0.6 is 0 Å². The minimum atomic E-state index is 0.290. The summed E-state index contributed by atoms with van der Waals surface area (Å²) in [6, 6.07) is 0.525. The van der Waals surface area contributed by atoms with Crippen LogP contribution < -0.4 is 5.32 Å². The highest BCUT2D eigenvalue weighted by Crippen LogP contribution is 2.22. The van der Waals surface area contributed by atoms with Gasteiger partial charge in [0.25, 0.3) is 0 Å². The molecule has 1 aliphatic heterocycles. The maximum absolute atomic E-state index is 5.79. The SMILES string of the molecule is CNC(C)C(C)(C)CN(C)CC1CCCCO1. The molecule has 1 saturated heterocycles. The van der Waals surface area contributed by atoms with E-state index in [0.717, 1.165) is 19.7 Å². The largest absolute Gasteiger partial charge is 0.377 e. The Labute approximate surface area is 107 Å². The summed E-state index contributed by atoms with van der Waals surface area (Å²) in [5.74, 6) is 0. The molecule has 0 aliphatic carbocycles. The van der Waals surface area contributed by atoms with Crippen molar-refractivity contribution < 1.29 is 4.74 Å². The Bertz CT molecular complexity index is 212. The molecule has 0 aromatic rings. The van der Waals surface area contributed by atoms with E-state index in [0.29, 0.717) is 12.1 Å². The Morgan fingerprint density at radius 1 is 1.41 bits per heavy atom. The van der Waals surface area contributed by atoms with Gasteiger partial charge in [-0.3, -0.25) is 0 Å². The van der Waals surface area contributed by atoms with Gasteiger partial charge in [-0.05, 0) is 45.7 Å². The zero-order chi connectivity index (χ0) is 12.9. The number of nitrogens with zero attached hydrogens (tertiary/aromatic N) is 1. The van der Waals surface area contributed by atoms with E-state index in [2.05, 4.69) is 38.0 Å². The summed E-state index contributed by atoms with van der Waals surface area (Å²) < 4.78 is 5.79. The van der Waals surface area contributed by atoms with E-state index >= 15 is 0 Å². The van der Waals surface area contributed by atoms with E-state index in [-0.39, 0.29) is 5.41 Å². The van der Waals surface area contributed by atoms with Gasteiger partial charge < -0.3 is 15.0 Å². The van der Waals surface area contributed by atoms with Crippen LogP contribution in [0, 0.1) is 5.41 Å². The lowest BCUT2D eigenvalue weighted by Crippen LogP contribution is -2.46.